The topological polar surface area (TPSA) is 138 Å². The molecular formula is C27H32N6O3. The van der Waals surface area contributed by atoms with Crippen LogP contribution in [0.2, 0.25) is 0 Å². The zero-order valence-electron chi connectivity index (χ0n) is 20.2. The Balaban J connectivity index is 1.42. The summed E-state index contributed by atoms with van der Waals surface area (Å²) in [7, 11) is 0. The number of amides is 3. The number of rotatable bonds is 9. The van der Waals surface area contributed by atoms with Crippen molar-refractivity contribution in [1.29, 1.82) is 0 Å². The van der Waals surface area contributed by atoms with E-state index in [1.165, 1.54) is 0 Å². The summed E-state index contributed by atoms with van der Waals surface area (Å²) in [6, 6.07) is 17.3. The summed E-state index contributed by atoms with van der Waals surface area (Å²) >= 11 is 0. The van der Waals surface area contributed by atoms with Gasteiger partial charge in [-0.15, -0.1) is 0 Å². The Morgan fingerprint density at radius 2 is 1.83 bits per heavy atom. The van der Waals surface area contributed by atoms with Gasteiger partial charge in [0.15, 0.2) is 0 Å². The van der Waals surface area contributed by atoms with E-state index in [1.807, 2.05) is 60.7 Å². The number of nitrogens with one attached hydrogen (secondary N) is 4. The van der Waals surface area contributed by atoms with Crippen LogP contribution in [0, 0.1) is 0 Å². The van der Waals surface area contributed by atoms with E-state index in [-0.39, 0.29) is 23.8 Å². The van der Waals surface area contributed by atoms with Gasteiger partial charge in [0.2, 0.25) is 17.7 Å². The Morgan fingerprint density at radius 1 is 1.08 bits per heavy atom. The average Bonchev–Trinajstić information content (AvgIpc) is 3.35. The quantitative estimate of drug-likeness (QED) is 0.309. The molecule has 4 rings (SSSR count). The highest BCUT2D eigenvalue weighted by Gasteiger charge is 2.33. The van der Waals surface area contributed by atoms with E-state index in [1.54, 1.807) is 13.1 Å². The van der Waals surface area contributed by atoms with Crippen LogP contribution in [0.5, 0.6) is 0 Å². The van der Waals surface area contributed by atoms with Gasteiger partial charge in [-0.1, -0.05) is 48.5 Å². The zero-order chi connectivity index (χ0) is 25.5. The standard InChI is InChI=1S/C27H32N6O3/c1-17(28)25(34)31-21-14-24(30-16-21)27(36)33-23(12-11-18-7-3-2-4-8-18)26(35)32-20-13-19-9-5-6-10-22(19)29-15-20/h2-10,13,15,17,21,23-24,30H,11-12,14,16,28H2,1H3,(H,31,34)(H,32,35)(H,33,36)/t17?,21-,23-,24+/m1/s1. The number of anilines is 1. The molecule has 1 unspecified atom stereocenters. The second kappa shape index (κ2) is 11.7. The zero-order valence-corrected chi connectivity index (χ0v) is 20.2. The van der Waals surface area contributed by atoms with Crippen molar-refractivity contribution in [2.45, 2.75) is 50.4 Å². The number of carbonyl (C=O) groups excluding carboxylic acids is 3. The molecule has 1 saturated heterocycles. The van der Waals surface area contributed by atoms with E-state index in [2.05, 4.69) is 26.3 Å². The van der Waals surface area contributed by atoms with Crippen LogP contribution in [0.15, 0.2) is 66.9 Å². The molecule has 3 aromatic rings. The van der Waals surface area contributed by atoms with Gasteiger partial charge in [-0.25, -0.2) is 0 Å². The van der Waals surface area contributed by atoms with Gasteiger partial charge < -0.3 is 27.0 Å². The predicted molar refractivity (Wildman–Crippen MR) is 139 cm³/mol. The second-order valence-electron chi connectivity index (χ2n) is 9.18. The number of carbonyl (C=O) groups is 3. The Hall–Kier alpha value is -3.82. The molecular weight excluding hydrogens is 456 g/mol. The molecule has 2 aromatic carbocycles. The lowest BCUT2D eigenvalue weighted by molar-refractivity contribution is -0.127. The van der Waals surface area contributed by atoms with Crippen molar-refractivity contribution in [2.24, 2.45) is 5.73 Å². The summed E-state index contributed by atoms with van der Waals surface area (Å²) in [5, 5.41) is 12.7. The van der Waals surface area contributed by atoms with E-state index in [9.17, 15) is 14.4 Å². The normalized spacial score (nSPS) is 18.8. The molecule has 6 N–H and O–H groups in total. The Morgan fingerprint density at radius 3 is 2.61 bits per heavy atom. The molecule has 36 heavy (non-hydrogen) atoms. The fraction of sp³-hybridized carbons (Fsp3) is 0.333. The highest BCUT2D eigenvalue weighted by atomic mass is 16.2. The first-order valence-corrected chi connectivity index (χ1v) is 12.2. The van der Waals surface area contributed by atoms with Crippen LogP contribution in [-0.4, -0.2) is 53.4 Å². The van der Waals surface area contributed by atoms with E-state index < -0.39 is 18.1 Å². The minimum atomic E-state index is -0.747. The van der Waals surface area contributed by atoms with Gasteiger partial charge in [0.1, 0.15) is 6.04 Å². The lowest BCUT2D eigenvalue weighted by atomic mass is 10.0. The highest BCUT2D eigenvalue weighted by molar-refractivity contribution is 5.99. The maximum absolute atomic E-state index is 13.3. The van der Waals surface area contributed by atoms with Crippen LogP contribution in [0.25, 0.3) is 10.9 Å². The number of benzene rings is 2. The Bertz CT molecular complexity index is 1220. The summed E-state index contributed by atoms with van der Waals surface area (Å²) in [4.78, 5) is 42.6. The third kappa shape index (κ3) is 6.65. The molecule has 9 nitrogen and oxygen atoms in total. The maximum atomic E-state index is 13.3. The number of aryl methyl sites for hydroxylation is 1. The Labute approximate surface area is 210 Å². The third-order valence-electron chi connectivity index (χ3n) is 6.26. The number of hydrogen-bond acceptors (Lipinski definition) is 6. The smallest absolute Gasteiger partial charge is 0.247 e. The maximum Gasteiger partial charge on any atom is 0.247 e. The molecule has 1 aromatic heterocycles. The molecule has 9 heteroatoms. The van der Waals surface area contributed by atoms with E-state index in [4.69, 9.17) is 5.73 Å². The lowest BCUT2D eigenvalue weighted by Gasteiger charge is -2.21. The minimum Gasteiger partial charge on any atom is -0.351 e. The summed E-state index contributed by atoms with van der Waals surface area (Å²) in [5.41, 5.74) is 8.10. The van der Waals surface area contributed by atoms with Crippen molar-refractivity contribution in [3.8, 4) is 0 Å². The van der Waals surface area contributed by atoms with Gasteiger partial charge in [-0.05, 0) is 43.9 Å². The molecule has 0 spiro atoms. The first kappa shape index (κ1) is 25.3. The van der Waals surface area contributed by atoms with Gasteiger partial charge >= 0.3 is 0 Å². The largest absolute Gasteiger partial charge is 0.351 e. The molecule has 0 radical (unpaired) electrons. The third-order valence-corrected chi connectivity index (χ3v) is 6.26. The van der Waals surface area contributed by atoms with Crippen LogP contribution >= 0.6 is 0 Å². The monoisotopic (exact) mass is 488 g/mol. The van der Waals surface area contributed by atoms with Crippen LogP contribution in [0.1, 0.15) is 25.3 Å². The first-order chi connectivity index (χ1) is 17.4. The summed E-state index contributed by atoms with van der Waals surface area (Å²) in [5.74, 6) is -0.847. The average molecular weight is 489 g/mol. The predicted octanol–water partition coefficient (Wildman–Crippen LogP) is 1.48. The lowest BCUT2D eigenvalue weighted by Crippen LogP contribution is -2.50. The van der Waals surface area contributed by atoms with Gasteiger partial charge in [0.25, 0.3) is 0 Å². The van der Waals surface area contributed by atoms with Crippen molar-refractivity contribution < 1.29 is 14.4 Å². The van der Waals surface area contributed by atoms with E-state index in [0.29, 0.717) is 31.5 Å². The van der Waals surface area contributed by atoms with Crippen molar-refractivity contribution in [1.82, 2.24) is 20.9 Å². The van der Waals surface area contributed by atoms with Crippen molar-refractivity contribution in [3.63, 3.8) is 0 Å². The number of hydrogen-bond donors (Lipinski definition) is 5. The van der Waals surface area contributed by atoms with Gasteiger partial charge in [0, 0.05) is 18.0 Å². The van der Waals surface area contributed by atoms with Crippen LogP contribution < -0.4 is 27.0 Å². The molecule has 1 aliphatic rings. The number of fused-ring (bicyclic) bond motifs is 1. The van der Waals surface area contributed by atoms with E-state index >= 15 is 0 Å². The Kier molecular flexibility index (Phi) is 8.24. The molecule has 3 amide bonds. The number of nitrogens with two attached hydrogens (primary N) is 1. The highest BCUT2D eigenvalue weighted by Crippen LogP contribution is 2.17. The first-order valence-electron chi connectivity index (χ1n) is 12.2. The van der Waals surface area contributed by atoms with Crippen molar-refractivity contribution in [3.05, 3.63) is 72.4 Å². The molecule has 4 atom stereocenters. The van der Waals surface area contributed by atoms with E-state index in [0.717, 1.165) is 16.5 Å². The van der Waals surface area contributed by atoms with Crippen molar-refractivity contribution in [2.75, 3.05) is 11.9 Å². The van der Waals surface area contributed by atoms with Gasteiger partial charge in [-0.3, -0.25) is 19.4 Å². The van der Waals surface area contributed by atoms with Gasteiger partial charge in [-0.2, -0.15) is 0 Å². The molecule has 0 saturated carbocycles. The second-order valence-corrected chi connectivity index (χ2v) is 9.18. The molecule has 1 aliphatic heterocycles. The number of para-hydroxylation sites is 1. The molecule has 188 valence electrons. The summed E-state index contributed by atoms with van der Waals surface area (Å²) < 4.78 is 0. The van der Waals surface area contributed by atoms with Crippen LogP contribution in [-0.2, 0) is 20.8 Å². The fourth-order valence-electron chi connectivity index (χ4n) is 4.24. The molecule has 2 heterocycles. The minimum absolute atomic E-state index is 0.195. The summed E-state index contributed by atoms with van der Waals surface area (Å²) in [6.45, 7) is 2.07. The molecule has 0 bridgehead atoms. The van der Waals surface area contributed by atoms with Gasteiger partial charge in [0.05, 0.1) is 29.5 Å². The summed E-state index contributed by atoms with van der Waals surface area (Å²) in [6.07, 6.45) is 3.09. The van der Waals surface area contributed by atoms with Crippen molar-refractivity contribution >= 4 is 34.3 Å². The SMILES string of the molecule is CC(N)C(=O)N[C@H]1CN[C@H](C(=O)N[C@H](CCc2ccccc2)C(=O)Nc2cnc3ccccc3c2)C1. The fourth-order valence-corrected chi connectivity index (χ4v) is 4.24. The van der Waals surface area contributed by atoms with Crippen LogP contribution in [0.3, 0.4) is 0 Å². The number of nitrogens with zero attached hydrogens (tertiary/aromatic N) is 1. The molecule has 1 fully saturated rings. The number of pyridine rings is 1. The molecule has 0 aliphatic carbocycles. The van der Waals surface area contributed by atoms with Crippen LogP contribution in [0.4, 0.5) is 5.69 Å². The number of aromatic nitrogens is 1.